The second-order valence-corrected chi connectivity index (χ2v) is 4.29. The van der Waals surface area contributed by atoms with Gasteiger partial charge >= 0.3 is 0 Å². The molecule has 0 spiro atoms. The standard InChI is InChI=1S/C11H15N5S.HI/c1-3-4-13-10(12-2)14-7-9-8-16-5-6-17-11(16)15-9;/h3,5-6,8H,1,4,7H2,2H3,(H2,12,13,14);1H. The van der Waals surface area contributed by atoms with Crippen molar-refractivity contribution in [1.29, 1.82) is 0 Å². The monoisotopic (exact) mass is 377 g/mol. The second-order valence-electron chi connectivity index (χ2n) is 3.42. The molecule has 0 bridgehead atoms. The van der Waals surface area contributed by atoms with Gasteiger partial charge in [0.15, 0.2) is 10.9 Å². The Morgan fingerprint density at radius 3 is 3.11 bits per heavy atom. The van der Waals surface area contributed by atoms with Crippen LogP contribution in [0.5, 0.6) is 0 Å². The number of hydrogen-bond donors (Lipinski definition) is 2. The molecular formula is C11H16IN5S. The van der Waals surface area contributed by atoms with Crippen molar-refractivity contribution in [3.8, 4) is 0 Å². The van der Waals surface area contributed by atoms with Gasteiger partial charge in [0.05, 0.1) is 12.2 Å². The van der Waals surface area contributed by atoms with Crippen molar-refractivity contribution in [3.63, 3.8) is 0 Å². The Balaban J connectivity index is 0.00000162. The highest BCUT2D eigenvalue weighted by atomic mass is 127. The predicted molar refractivity (Wildman–Crippen MR) is 86.9 cm³/mol. The van der Waals surface area contributed by atoms with E-state index in [1.54, 1.807) is 24.5 Å². The number of hydrogen-bond acceptors (Lipinski definition) is 3. The van der Waals surface area contributed by atoms with Crippen LogP contribution in [0.2, 0.25) is 0 Å². The average molecular weight is 377 g/mol. The van der Waals surface area contributed by atoms with Gasteiger partial charge in [0.25, 0.3) is 0 Å². The number of halogens is 1. The topological polar surface area (TPSA) is 53.7 Å². The molecule has 0 aromatic carbocycles. The number of rotatable bonds is 4. The first-order valence-corrected chi connectivity index (χ1v) is 6.18. The maximum absolute atomic E-state index is 4.48. The van der Waals surface area contributed by atoms with Crippen molar-refractivity contribution < 1.29 is 0 Å². The maximum Gasteiger partial charge on any atom is 0.193 e. The van der Waals surface area contributed by atoms with E-state index in [2.05, 4.69) is 27.2 Å². The Hall–Kier alpha value is -1.09. The third-order valence-electron chi connectivity index (χ3n) is 2.22. The van der Waals surface area contributed by atoms with Crippen LogP contribution in [-0.2, 0) is 6.54 Å². The van der Waals surface area contributed by atoms with Gasteiger partial charge in [-0.3, -0.25) is 9.39 Å². The van der Waals surface area contributed by atoms with E-state index in [-0.39, 0.29) is 24.0 Å². The fourth-order valence-corrected chi connectivity index (χ4v) is 2.14. The maximum atomic E-state index is 4.48. The molecule has 2 aromatic heterocycles. The lowest BCUT2D eigenvalue weighted by molar-refractivity contribution is 0.830. The van der Waals surface area contributed by atoms with E-state index in [4.69, 9.17) is 0 Å². The van der Waals surface area contributed by atoms with E-state index >= 15 is 0 Å². The summed E-state index contributed by atoms with van der Waals surface area (Å²) >= 11 is 1.63. The molecule has 2 aromatic rings. The first-order chi connectivity index (χ1) is 8.33. The number of nitrogens with zero attached hydrogens (tertiary/aromatic N) is 3. The van der Waals surface area contributed by atoms with Crippen molar-refractivity contribution in [3.05, 3.63) is 36.1 Å². The lowest BCUT2D eigenvalue weighted by Gasteiger charge is -2.08. The Labute approximate surface area is 127 Å². The minimum atomic E-state index is 0. The molecule has 2 N–H and O–H groups in total. The molecule has 0 saturated heterocycles. The van der Waals surface area contributed by atoms with Gasteiger partial charge in [-0.25, -0.2) is 4.98 Å². The first kappa shape index (κ1) is 15.0. The summed E-state index contributed by atoms with van der Waals surface area (Å²) in [4.78, 5) is 9.58. The van der Waals surface area contributed by atoms with Gasteiger partial charge in [-0.05, 0) is 0 Å². The number of guanidine groups is 1. The van der Waals surface area contributed by atoms with E-state index in [0.717, 1.165) is 16.6 Å². The summed E-state index contributed by atoms with van der Waals surface area (Å²) in [6, 6.07) is 0. The molecule has 5 nitrogen and oxygen atoms in total. The van der Waals surface area contributed by atoms with Gasteiger partial charge < -0.3 is 10.6 Å². The molecule has 0 aliphatic carbocycles. The molecule has 0 aliphatic heterocycles. The molecule has 0 radical (unpaired) electrons. The van der Waals surface area contributed by atoms with Gasteiger partial charge in [-0.1, -0.05) is 6.08 Å². The van der Waals surface area contributed by atoms with Gasteiger partial charge in [-0.2, -0.15) is 0 Å². The smallest absolute Gasteiger partial charge is 0.193 e. The SMILES string of the molecule is C=CCNC(=NC)NCc1cn2ccsc2n1.I. The summed E-state index contributed by atoms with van der Waals surface area (Å²) in [5, 5.41) is 8.31. The van der Waals surface area contributed by atoms with Crippen LogP contribution in [0.25, 0.3) is 4.96 Å². The lowest BCUT2D eigenvalue weighted by atomic mass is 10.5. The van der Waals surface area contributed by atoms with Crippen LogP contribution in [0, 0.1) is 0 Å². The van der Waals surface area contributed by atoms with Gasteiger partial charge in [0.2, 0.25) is 0 Å². The third-order valence-corrected chi connectivity index (χ3v) is 2.99. The minimum Gasteiger partial charge on any atom is -0.353 e. The Morgan fingerprint density at radius 2 is 2.44 bits per heavy atom. The highest BCUT2D eigenvalue weighted by Gasteiger charge is 2.03. The number of nitrogens with one attached hydrogen (secondary N) is 2. The normalized spacial score (nSPS) is 11.1. The summed E-state index contributed by atoms with van der Waals surface area (Å²) in [6.07, 6.45) is 5.81. The van der Waals surface area contributed by atoms with Gasteiger partial charge in [-0.15, -0.1) is 41.9 Å². The van der Waals surface area contributed by atoms with E-state index in [1.807, 2.05) is 22.2 Å². The van der Waals surface area contributed by atoms with Crippen LogP contribution in [0.1, 0.15) is 5.69 Å². The fourth-order valence-electron chi connectivity index (χ4n) is 1.42. The highest BCUT2D eigenvalue weighted by molar-refractivity contribution is 14.0. The number of aromatic nitrogens is 2. The summed E-state index contributed by atoms with van der Waals surface area (Å²) in [6.45, 7) is 5.00. The largest absolute Gasteiger partial charge is 0.353 e. The minimum absolute atomic E-state index is 0. The molecule has 0 atom stereocenters. The molecule has 98 valence electrons. The van der Waals surface area contributed by atoms with Crippen LogP contribution >= 0.6 is 35.3 Å². The highest BCUT2D eigenvalue weighted by Crippen LogP contribution is 2.10. The van der Waals surface area contributed by atoms with Crippen LogP contribution < -0.4 is 10.6 Å². The molecule has 2 heterocycles. The molecular weight excluding hydrogens is 361 g/mol. The van der Waals surface area contributed by atoms with Crippen molar-refractivity contribution in [2.45, 2.75) is 6.54 Å². The molecule has 0 aliphatic rings. The molecule has 18 heavy (non-hydrogen) atoms. The second kappa shape index (κ2) is 7.37. The fraction of sp³-hybridized carbons (Fsp3) is 0.273. The number of aliphatic imine (C=N–C) groups is 1. The van der Waals surface area contributed by atoms with E-state index in [9.17, 15) is 0 Å². The zero-order chi connectivity index (χ0) is 12.1. The van der Waals surface area contributed by atoms with Crippen molar-refractivity contribution in [1.82, 2.24) is 20.0 Å². The molecule has 0 fully saturated rings. The van der Waals surface area contributed by atoms with Gasteiger partial charge in [0.1, 0.15) is 0 Å². The van der Waals surface area contributed by atoms with Crippen LogP contribution in [0.4, 0.5) is 0 Å². The summed E-state index contributed by atoms with van der Waals surface area (Å²) in [5.41, 5.74) is 0.999. The quantitative estimate of drug-likeness (QED) is 0.370. The number of imidazole rings is 1. The third kappa shape index (κ3) is 3.70. The Bertz CT molecular complexity index is 502. The molecule has 7 heteroatoms. The van der Waals surface area contributed by atoms with Crippen LogP contribution in [-0.4, -0.2) is 28.9 Å². The molecule has 0 unspecified atom stereocenters. The zero-order valence-electron chi connectivity index (χ0n) is 10.1. The van der Waals surface area contributed by atoms with Gasteiger partial charge in [0, 0.05) is 31.4 Å². The zero-order valence-corrected chi connectivity index (χ0v) is 13.2. The van der Waals surface area contributed by atoms with E-state index in [0.29, 0.717) is 13.1 Å². The van der Waals surface area contributed by atoms with Crippen molar-refractivity contribution in [2.24, 2.45) is 4.99 Å². The number of fused-ring (bicyclic) bond motifs is 1. The average Bonchev–Trinajstić information content (AvgIpc) is 2.89. The molecule has 0 amide bonds. The summed E-state index contributed by atoms with van der Waals surface area (Å²) < 4.78 is 2.02. The number of thiazole rings is 1. The van der Waals surface area contributed by atoms with Crippen molar-refractivity contribution in [2.75, 3.05) is 13.6 Å². The molecule has 0 saturated carbocycles. The van der Waals surface area contributed by atoms with Crippen molar-refractivity contribution >= 4 is 46.2 Å². The van der Waals surface area contributed by atoms with Crippen LogP contribution in [0.3, 0.4) is 0 Å². The van der Waals surface area contributed by atoms with E-state index in [1.165, 1.54) is 0 Å². The van der Waals surface area contributed by atoms with Crippen LogP contribution in [0.15, 0.2) is 35.4 Å². The Kier molecular flexibility index (Phi) is 6.13. The first-order valence-electron chi connectivity index (χ1n) is 5.30. The summed E-state index contributed by atoms with van der Waals surface area (Å²) in [5.74, 6) is 0.751. The Morgan fingerprint density at radius 1 is 1.61 bits per heavy atom. The predicted octanol–water partition coefficient (Wildman–Crippen LogP) is 1.86. The summed E-state index contributed by atoms with van der Waals surface area (Å²) in [7, 11) is 1.74. The lowest BCUT2D eigenvalue weighted by Crippen LogP contribution is -2.36. The van der Waals surface area contributed by atoms with E-state index < -0.39 is 0 Å². The molecule has 2 rings (SSSR count).